The average molecular weight is 382 g/mol. The molecule has 28 heavy (non-hydrogen) atoms. The molecule has 3 rings (SSSR count). The Morgan fingerprint density at radius 2 is 1.68 bits per heavy atom. The fourth-order valence-corrected chi connectivity index (χ4v) is 2.60. The van der Waals surface area contributed by atoms with E-state index in [-0.39, 0.29) is 17.2 Å². The molecule has 8 heteroatoms. The van der Waals surface area contributed by atoms with E-state index in [9.17, 15) is 4.79 Å². The predicted molar refractivity (Wildman–Crippen MR) is 107 cm³/mol. The van der Waals surface area contributed by atoms with Gasteiger partial charge in [-0.25, -0.2) is 0 Å². The van der Waals surface area contributed by atoms with Crippen molar-refractivity contribution in [3.8, 4) is 28.5 Å². The second-order valence-corrected chi connectivity index (χ2v) is 5.73. The first kappa shape index (κ1) is 19.2. The Labute approximate surface area is 162 Å². The van der Waals surface area contributed by atoms with Crippen LogP contribution in [0.25, 0.3) is 11.3 Å². The molecule has 0 atom stereocenters. The molecule has 3 aromatic rings. The molecular formula is C20H22N4O4. The van der Waals surface area contributed by atoms with Crippen molar-refractivity contribution in [2.45, 2.75) is 13.8 Å². The van der Waals surface area contributed by atoms with Crippen LogP contribution in [0.1, 0.15) is 13.8 Å². The standard InChI is InChI=1S/C20H22N4O4/c1-4-27-16-11-8-14(12-17(16)28-5-2)21-20-22-19(25)18(23-24-20)13-6-9-15(26-3)10-7-13/h6-12H,4-5H2,1-3H3,(H2,21,22,24,25). The molecule has 1 heterocycles. The van der Waals surface area contributed by atoms with Crippen LogP contribution in [0, 0.1) is 0 Å². The van der Waals surface area contributed by atoms with Crippen molar-refractivity contribution in [3.05, 3.63) is 52.8 Å². The Morgan fingerprint density at radius 1 is 0.964 bits per heavy atom. The molecule has 0 amide bonds. The lowest BCUT2D eigenvalue weighted by Gasteiger charge is -2.13. The van der Waals surface area contributed by atoms with Crippen molar-refractivity contribution < 1.29 is 14.2 Å². The van der Waals surface area contributed by atoms with Gasteiger partial charge in [-0.3, -0.25) is 9.78 Å². The van der Waals surface area contributed by atoms with Gasteiger partial charge in [-0.05, 0) is 50.2 Å². The van der Waals surface area contributed by atoms with Crippen LogP contribution < -0.4 is 25.1 Å². The third-order valence-corrected chi connectivity index (χ3v) is 3.87. The SMILES string of the molecule is CCOc1ccc(Nc2nnc(-c3ccc(OC)cc3)c(=O)[nH]2)cc1OCC. The van der Waals surface area contributed by atoms with E-state index < -0.39 is 0 Å². The molecule has 0 aliphatic rings. The van der Waals surface area contributed by atoms with E-state index in [1.165, 1.54) is 0 Å². The summed E-state index contributed by atoms with van der Waals surface area (Å²) in [6.45, 7) is 4.86. The van der Waals surface area contributed by atoms with Crippen LogP contribution in [0.4, 0.5) is 11.6 Å². The average Bonchev–Trinajstić information content (AvgIpc) is 2.71. The Hall–Kier alpha value is -3.55. The highest BCUT2D eigenvalue weighted by atomic mass is 16.5. The minimum atomic E-state index is -0.348. The summed E-state index contributed by atoms with van der Waals surface area (Å²) in [6.07, 6.45) is 0. The van der Waals surface area contributed by atoms with Gasteiger partial charge >= 0.3 is 0 Å². The lowest BCUT2D eigenvalue weighted by molar-refractivity contribution is 0.288. The first-order valence-corrected chi connectivity index (χ1v) is 8.92. The molecule has 1 aromatic heterocycles. The molecule has 0 saturated heterocycles. The van der Waals surface area contributed by atoms with Crippen LogP contribution in [0.5, 0.6) is 17.2 Å². The van der Waals surface area contributed by atoms with Crippen LogP contribution in [0.3, 0.4) is 0 Å². The van der Waals surface area contributed by atoms with E-state index in [1.54, 1.807) is 43.5 Å². The van der Waals surface area contributed by atoms with Crippen molar-refractivity contribution >= 4 is 11.6 Å². The number of rotatable bonds is 8. The number of anilines is 2. The van der Waals surface area contributed by atoms with E-state index in [4.69, 9.17) is 14.2 Å². The summed E-state index contributed by atoms with van der Waals surface area (Å²) in [7, 11) is 1.58. The number of H-pyrrole nitrogens is 1. The molecule has 0 aliphatic carbocycles. The largest absolute Gasteiger partial charge is 0.497 e. The number of aromatic amines is 1. The highest BCUT2D eigenvalue weighted by molar-refractivity contribution is 5.61. The van der Waals surface area contributed by atoms with Crippen molar-refractivity contribution in [2.75, 3.05) is 25.6 Å². The van der Waals surface area contributed by atoms with Crippen LogP contribution in [0.2, 0.25) is 0 Å². The highest BCUT2D eigenvalue weighted by Crippen LogP contribution is 2.31. The predicted octanol–water partition coefficient (Wildman–Crippen LogP) is 3.38. The normalized spacial score (nSPS) is 10.4. The number of hydrogen-bond acceptors (Lipinski definition) is 7. The maximum Gasteiger partial charge on any atom is 0.279 e. The Bertz CT molecular complexity index is 986. The van der Waals surface area contributed by atoms with Gasteiger partial charge in [0.25, 0.3) is 5.56 Å². The smallest absolute Gasteiger partial charge is 0.279 e. The van der Waals surface area contributed by atoms with Gasteiger partial charge < -0.3 is 19.5 Å². The third kappa shape index (κ3) is 4.40. The van der Waals surface area contributed by atoms with Gasteiger partial charge in [0.15, 0.2) is 17.2 Å². The van der Waals surface area contributed by atoms with Crippen molar-refractivity contribution in [1.82, 2.24) is 15.2 Å². The maximum absolute atomic E-state index is 12.4. The van der Waals surface area contributed by atoms with Gasteiger partial charge in [0.1, 0.15) is 5.75 Å². The van der Waals surface area contributed by atoms with Crippen molar-refractivity contribution in [1.29, 1.82) is 0 Å². The van der Waals surface area contributed by atoms with Crippen LogP contribution in [-0.2, 0) is 0 Å². The van der Waals surface area contributed by atoms with Gasteiger partial charge in [-0.2, -0.15) is 0 Å². The van der Waals surface area contributed by atoms with Gasteiger partial charge in [0, 0.05) is 17.3 Å². The van der Waals surface area contributed by atoms with Crippen LogP contribution in [-0.4, -0.2) is 35.5 Å². The molecular weight excluding hydrogens is 360 g/mol. The molecule has 0 unspecified atom stereocenters. The fraction of sp³-hybridized carbons (Fsp3) is 0.250. The fourth-order valence-electron chi connectivity index (χ4n) is 2.60. The Balaban J connectivity index is 1.82. The zero-order valence-corrected chi connectivity index (χ0v) is 16.0. The molecule has 2 aromatic carbocycles. The number of hydrogen-bond donors (Lipinski definition) is 2. The third-order valence-electron chi connectivity index (χ3n) is 3.87. The number of aromatic nitrogens is 3. The topological polar surface area (TPSA) is 98.4 Å². The van der Waals surface area contributed by atoms with E-state index in [0.29, 0.717) is 41.7 Å². The zero-order chi connectivity index (χ0) is 19.9. The second-order valence-electron chi connectivity index (χ2n) is 5.73. The zero-order valence-electron chi connectivity index (χ0n) is 16.0. The van der Waals surface area contributed by atoms with E-state index in [1.807, 2.05) is 19.9 Å². The molecule has 0 bridgehead atoms. The lowest BCUT2D eigenvalue weighted by atomic mass is 10.1. The van der Waals surface area contributed by atoms with Gasteiger partial charge in [-0.1, -0.05) is 0 Å². The number of benzene rings is 2. The summed E-state index contributed by atoms with van der Waals surface area (Å²) in [5.41, 5.74) is 1.23. The Kier molecular flexibility index (Phi) is 6.11. The molecule has 146 valence electrons. The molecule has 2 N–H and O–H groups in total. The second kappa shape index (κ2) is 8.90. The van der Waals surface area contributed by atoms with E-state index in [2.05, 4.69) is 20.5 Å². The van der Waals surface area contributed by atoms with Gasteiger partial charge in [0.2, 0.25) is 5.95 Å². The summed E-state index contributed by atoms with van der Waals surface area (Å²) < 4.78 is 16.3. The van der Waals surface area contributed by atoms with Crippen molar-refractivity contribution in [3.63, 3.8) is 0 Å². The Morgan fingerprint density at radius 3 is 2.32 bits per heavy atom. The highest BCUT2D eigenvalue weighted by Gasteiger charge is 2.10. The summed E-state index contributed by atoms with van der Waals surface area (Å²) >= 11 is 0. The minimum Gasteiger partial charge on any atom is -0.497 e. The molecule has 0 radical (unpaired) electrons. The van der Waals surface area contributed by atoms with Crippen LogP contribution >= 0.6 is 0 Å². The molecule has 0 saturated carbocycles. The van der Waals surface area contributed by atoms with Crippen LogP contribution in [0.15, 0.2) is 47.3 Å². The quantitative estimate of drug-likeness (QED) is 0.616. The molecule has 8 nitrogen and oxygen atoms in total. The number of nitrogens with one attached hydrogen (secondary N) is 2. The first-order valence-electron chi connectivity index (χ1n) is 8.92. The summed E-state index contributed by atoms with van der Waals surface area (Å²) in [5.74, 6) is 2.20. The van der Waals surface area contributed by atoms with Gasteiger partial charge in [0.05, 0.1) is 20.3 Å². The number of ether oxygens (including phenoxy) is 3. The van der Waals surface area contributed by atoms with E-state index in [0.717, 1.165) is 0 Å². The maximum atomic E-state index is 12.4. The number of methoxy groups -OCH3 is 1. The number of nitrogens with zero attached hydrogens (tertiary/aromatic N) is 2. The summed E-state index contributed by atoms with van der Waals surface area (Å²) in [5, 5.41) is 11.1. The molecule has 0 fully saturated rings. The lowest BCUT2D eigenvalue weighted by Crippen LogP contribution is -2.15. The minimum absolute atomic E-state index is 0.230. The molecule has 0 spiro atoms. The van der Waals surface area contributed by atoms with E-state index >= 15 is 0 Å². The monoisotopic (exact) mass is 382 g/mol. The van der Waals surface area contributed by atoms with Crippen molar-refractivity contribution in [2.24, 2.45) is 0 Å². The molecule has 0 aliphatic heterocycles. The summed E-state index contributed by atoms with van der Waals surface area (Å²) in [4.78, 5) is 15.1. The summed E-state index contributed by atoms with van der Waals surface area (Å²) in [6, 6.07) is 12.4. The first-order chi connectivity index (χ1) is 13.6. The van der Waals surface area contributed by atoms with Gasteiger partial charge in [-0.15, -0.1) is 10.2 Å².